The molecule has 8 heteroatoms. The molecule has 6 nitrogen and oxygen atoms in total. The molecule has 0 aliphatic heterocycles. The van der Waals surface area contributed by atoms with Crippen LogP contribution in [0.3, 0.4) is 0 Å². The molecule has 27 heavy (non-hydrogen) atoms. The Labute approximate surface area is 168 Å². The molecule has 1 atom stereocenters. The lowest BCUT2D eigenvalue weighted by Gasteiger charge is -2.12. The van der Waals surface area contributed by atoms with E-state index in [0.717, 1.165) is 37.8 Å². The number of anilines is 2. The number of aromatic nitrogens is 3. The van der Waals surface area contributed by atoms with E-state index in [-0.39, 0.29) is 0 Å². The lowest BCUT2D eigenvalue weighted by molar-refractivity contribution is 0.587. The molecule has 0 fully saturated rings. The third-order valence-corrected chi connectivity index (χ3v) is 5.66. The van der Waals surface area contributed by atoms with Gasteiger partial charge in [-0.25, -0.2) is 4.98 Å². The van der Waals surface area contributed by atoms with Crippen LogP contribution in [-0.4, -0.2) is 26.2 Å². The highest BCUT2D eigenvalue weighted by atomic mass is 79.9. The minimum Gasteiger partial charge on any atom is -0.593 e. The van der Waals surface area contributed by atoms with Gasteiger partial charge >= 0.3 is 0 Å². The van der Waals surface area contributed by atoms with Crippen LogP contribution in [0.1, 0.15) is 0 Å². The summed E-state index contributed by atoms with van der Waals surface area (Å²) in [5.41, 5.74) is 3.47. The van der Waals surface area contributed by atoms with Crippen LogP contribution in [-0.2, 0) is 11.4 Å². The number of hydrogen-bond acceptors (Lipinski definition) is 5. The number of fused-ring (bicyclic) bond motifs is 1. The molecule has 0 radical (unpaired) electrons. The third-order valence-electron chi connectivity index (χ3n) is 4.02. The fourth-order valence-electron chi connectivity index (χ4n) is 2.71. The number of rotatable bonds is 5. The van der Waals surface area contributed by atoms with Crippen LogP contribution < -0.4 is 10.0 Å². The summed E-state index contributed by atoms with van der Waals surface area (Å²) in [5.74, 6) is 0.784. The Hall–Kier alpha value is -2.39. The first-order chi connectivity index (χ1) is 13.2. The summed E-state index contributed by atoms with van der Waals surface area (Å²) in [4.78, 5) is 5.44. The predicted molar refractivity (Wildman–Crippen MR) is 111 cm³/mol. The van der Waals surface area contributed by atoms with Gasteiger partial charge in [0.1, 0.15) is 5.82 Å². The van der Waals surface area contributed by atoms with Gasteiger partial charge in [0, 0.05) is 24.4 Å². The number of nitrogens with zero attached hydrogens (tertiary/aromatic N) is 3. The van der Waals surface area contributed by atoms with Crippen LogP contribution >= 0.6 is 15.9 Å². The molecule has 0 aliphatic rings. The molecule has 4 aromatic rings. The first kappa shape index (κ1) is 18.0. The highest BCUT2D eigenvalue weighted by Gasteiger charge is 2.13. The summed E-state index contributed by atoms with van der Waals surface area (Å²) >= 11 is 2.31. The van der Waals surface area contributed by atoms with Crippen molar-refractivity contribution >= 4 is 44.4 Å². The quantitative estimate of drug-likeness (QED) is 0.455. The monoisotopic (exact) mass is 441 g/mol. The van der Waals surface area contributed by atoms with Crippen molar-refractivity contribution in [3.05, 3.63) is 71.3 Å². The highest BCUT2D eigenvalue weighted by molar-refractivity contribution is 9.10. The summed E-state index contributed by atoms with van der Waals surface area (Å²) in [6.07, 6.45) is 1.72. The van der Waals surface area contributed by atoms with Crippen LogP contribution in [0, 0.1) is 0 Å². The molecule has 0 spiro atoms. The first-order valence-corrected chi connectivity index (χ1v) is 10.2. The van der Waals surface area contributed by atoms with Gasteiger partial charge in [-0.15, -0.1) is 4.72 Å². The summed E-state index contributed by atoms with van der Waals surface area (Å²) in [6, 6.07) is 19.4. The Morgan fingerprint density at radius 1 is 1.07 bits per heavy atom. The van der Waals surface area contributed by atoms with E-state index < -0.39 is 11.4 Å². The standard InChI is InChI=1S/C19H16BrN5OS/c1-21-27(26)15-9-7-14(8-10-15)23-18-11-17(13-5-3-2-4-6-13)24-19-16(20)12-22-25(18)19/h2-12,21,23H,1H3. The zero-order valence-corrected chi connectivity index (χ0v) is 16.8. The summed E-state index contributed by atoms with van der Waals surface area (Å²) in [7, 11) is 1.66. The van der Waals surface area contributed by atoms with Gasteiger partial charge in [0.2, 0.25) is 0 Å². The Morgan fingerprint density at radius 2 is 1.81 bits per heavy atom. The molecule has 2 heterocycles. The lowest BCUT2D eigenvalue weighted by Crippen LogP contribution is -2.18. The molecule has 0 amide bonds. The number of hydrogen-bond donors (Lipinski definition) is 2. The van der Waals surface area contributed by atoms with Gasteiger partial charge in [-0.2, -0.15) is 9.61 Å². The van der Waals surface area contributed by atoms with Gasteiger partial charge < -0.3 is 9.87 Å². The lowest BCUT2D eigenvalue weighted by atomic mass is 10.1. The van der Waals surface area contributed by atoms with E-state index in [1.165, 1.54) is 0 Å². The normalized spacial score (nSPS) is 12.3. The first-order valence-electron chi connectivity index (χ1n) is 8.21. The molecule has 1 unspecified atom stereocenters. The largest absolute Gasteiger partial charge is 0.593 e. The van der Waals surface area contributed by atoms with Crippen molar-refractivity contribution in [3.8, 4) is 11.3 Å². The second kappa shape index (κ2) is 7.69. The van der Waals surface area contributed by atoms with Crippen LogP contribution in [0.4, 0.5) is 11.5 Å². The average Bonchev–Trinajstić information content (AvgIpc) is 3.10. The van der Waals surface area contributed by atoms with E-state index in [1.54, 1.807) is 17.8 Å². The molecule has 0 bridgehead atoms. The molecule has 0 saturated carbocycles. The minimum atomic E-state index is -1.20. The summed E-state index contributed by atoms with van der Waals surface area (Å²) in [6.45, 7) is 0. The van der Waals surface area contributed by atoms with E-state index in [4.69, 9.17) is 4.98 Å². The maximum atomic E-state index is 11.8. The Balaban J connectivity index is 1.74. The van der Waals surface area contributed by atoms with E-state index in [0.29, 0.717) is 0 Å². The van der Waals surface area contributed by atoms with Crippen molar-refractivity contribution in [1.29, 1.82) is 0 Å². The van der Waals surface area contributed by atoms with Crippen LogP contribution in [0.25, 0.3) is 16.9 Å². The van der Waals surface area contributed by atoms with Gasteiger partial charge in [0.25, 0.3) is 0 Å². The van der Waals surface area contributed by atoms with Crippen LogP contribution in [0.15, 0.2) is 76.2 Å². The zero-order valence-electron chi connectivity index (χ0n) is 14.4. The van der Waals surface area contributed by atoms with Gasteiger partial charge in [-0.3, -0.25) is 0 Å². The van der Waals surface area contributed by atoms with E-state index in [1.807, 2.05) is 60.7 Å². The SMILES string of the molecule is CN[S+]([O-])c1ccc(Nc2cc(-c3ccccc3)nc3c(Br)cnn23)cc1. The van der Waals surface area contributed by atoms with Gasteiger partial charge in [-0.1, -0.05) is 30.3 Å². The zero-order chi connectivity index (χ0) is 18.8. The third kappa shape index (κ3) is 3.70. The maximum Gasteiger partial charge on any atom is 0.174 e. The van der Waals surface area contributed by atoms with Gasteiger partial charge in [0.15, 0.2) is 10.5 Å². The number of halogens is 1. The fourth-order valence-corrected chi connectivity index (χ4v) is 3.68. The smallest absolute Gasteiger partial charge is 0.174 e. The van der Waals surface area contributed by atoms with Crippen molar-refractivity contribution in [2.45, 2.75) is 4.90 Å². The topological polar surface area (TPSA) is 77.3 Å². The van der Waals surface area contributed by atoms with E-state index >= 15 is 0 Å². The van der Waals surface area contributed by atoms with E-state index in [2.05, 4.69) is 31.1 Å². The van der Waals surface area contributed by atoms with Crippen molar-refractivity contribution in [2.75, 3.05) is 12.4 Å². The Bertz CT molecular complexity index is 1070. The number of benzene rings is 2. The summed E-state index contributed by atoms with van der Waals surface area (Å²) in [5, 5.41) is 7.77. The van der Waals surface area contributed by atoms with Gasteiger partial charge in [0.05, 0.1) is 27.7 Å². The molecule has 2 aromatic heterocycles. The molecule has 0 saturated heterocycles. The molecular formula is C19H16BrN5OS. The van der Waals surface area contributed by atoms with Crippen LogP contribution in [0.2, 0.25) is 0 Å². The summed E-state index contributed by atoms with van der Waals surface area (Å²) < 4.78 is 17.1. The van der Waals surface area contributed by atoms with Crippen molar-refractivity contribution in [3.63, 3.8) is 0 Å². The highest BCUT2D eigenvalue weighted by Crippen LogP contribution is 2.27. The molecule has 4 rings (SSSR count). The fraction of sp³-hybridized carbons (Fsp3) is 0.0526. The van der Waals surface area contributed by atoms with Crippen molar-refractivity contribution in [1.82, 2.24) is 19.3 Å². The molecule has 136 valence electrons. The maximum absolute atomic E-state index is 11.8. The Kier molecular flexibility index (Phi) is 5.13. The van der Waals surface area contributed by atoms with Crippen molar-refractivity contribution < 1.29 is 4.55 Å². The van der Waals surface area contributed by atoms with Gasteiger partial charge in [-0.05, 0) is 40.2 Å². The molecule has 0 aliphatic carbocycles. The van der Waals surface area contributed by atoms with Crippen molar-refractivity contribution in [2.24, 2.45) is 0 Å². The Morgan fingerprint density at radius 3 is 2.52 bits per heavy atom. The van der Waals surface area contributed by atoms with Crippen LogP contribution in [0.5, 0.6) is 0 Å². The second-order valence-corrected chi connectivity index (χ2v) is 8.01. The minimum absolute atomic E-state index is 0.717. The average molecular weight is 442 g/mol. The second-order valence-electron chi connectivity index (χ2n) is 5.74. The molecule has 2 aromatic carbocycles. The molecule has 2 N–H and O–H groups in total. The van der Waals surface area contributed by atoms with E-state index in [9.17, 15) is 4.55 Å². The predicted octanol–water partition coefficient (Wildman–Crippen LogP) is 4.14. The molecular weight excluding hydrogens is 426 g/mol. The number of nitrogens with one attached hydrogen (secondary N) is 2.